The van der Waals surface area contributed by atoms with Crippen LogP contribution in [0.15, 0.2) is 16.7 Å². The van der Waals surface area contributed by atoms with E-state index in [1.54, 1.807) is 7.11 Å². The first kappa shape index (κ1) is 12.5. The largest absolute Gasteiger partial charge is 0.383 e. The van der Waals surface area contributed by atoms with Crippen molar-refractivity contribution >= 4 is 21.7 Å². The Kier molecular flexibility index (Phi) is 5.05. The van der Waals surface area contributed by atoms with Crippen LogP contribution >= 0.6 is 15.9 Å². The Hall–Kier alpha value is -0.610. The molecule has 0 spiro atoms. The normalized spacial score (nSPS) is 10.4. The number of nitrogens with zero attached hydrogens (tertiary/aromatic N) is 2. The van der Waals surface area contributed by atoms with Gasteiger partial charge in [0.05, 0.1) is 11.1 Å². The number of likely N-dealkylation sites (N-methyl/N-ethyl adjacent to an activating group) is 1. The van der Waals surface area contributed by atoms with Crippen molar-refractivity contribution in [3.63, 3.8) is 0 Å². The van der Waals surface area contributed by atoms with Crippen LogP contribution in [-0.4, -0.2) is 31.8 Å². The van der Waals surface area contributed by atoms with E-state index in [0.717, 1.165) is 35.6 Å². The molecule has 0 atom stereocenters. The summed E-state index contributed by atoms with van der Waals surface area (Å²) in [6, 6.07) is 2.08. The maximum Gasteiger partial charge on any atom is 0.142 e. The first-order valence-corrected chi connectivity index (χ1v) is 5.84. The number of aryl methyl sites for hydroxylation is 1. The third kappa shape index (κ3) is 3.47. The summed E-state index contributed by atoms with van der Waals surface area (Å²) < 4.78 is 6.12. The van der Waals surface area contributed by atoms with Crippen LogP contribution < -0.4 is 4.90 Å². The molecule has 0 bridgehead atoms. The monoisotopic (exact) mass is 272 g/mol. The van der Waals surface area contributed by atoms with Crippen LogP contribution in [0.1, 0.15) is 12.5 Å². The molecule has 0 aliphatic carbocycles. The average molecular weight is 273 g/mol. The van der Waals surface area contributed by atoms with Gasteiger partial charge >= 0.3 is 0 Å². The molecule has 0 aliphatic rings. The molecule has 0 saturated carbocycles. The Bertz CT molecular complexity index is 317. The molecule has 3 nitrogen and oxygen atoms in total. The van der Waals surface area contributed by atoms with Crippen molar-refractivity contribution < 1.29 is 4.74 Å². The van der Waals surface area contributed by atoms with Crippen molar-refractivity contribution in [2.24, 2.45) is 0 Å². The standard InChI is InChI=1S/C11H17BrN2O/c1-4-14(5-6-15-3)11-10(12)7-9(2)8-13-11/h7-8H,4-6H2,1-3H3. The number of ether oxygens (including phenoxy) is 1. The minimum absolute atomic E-state index is 0.718. The number of rotatable bonds is 5. The highest BCUT2D eigenvalue weighted by Crippen LogP contribution is 2.24. The number of pyridine rings is 1. The predicted molar refractivity (Wildman–Crippen MR) is 66.4 cm³/mol. The van der Waals surface area contributed by atoms with Gasteiger partial charge in [-0.3, -0.25) is 0 Å². The van der Waals surface area contributed by atoms with Crippen LogP contribution in [0.2, 0.25) is 0 Å². The molecule has 1 aromatic rings. The van der Waals surface area contributed by atoms with E-state index < -0.39 is 0 Å². The van der Waals surface area contributed by atoms with Crippen LogP contribution in [0, 0.1) is 6.92 Å². The van der Waals surface area contributed by atoms with Gasteiger partial charge in [0.25, 0.3) is 0 Å². The molecule has 1 rings (SSSR count). The Labute approximate surface area is 99.6 Å². The molecule has 4 heteroatoms. The summed E-state index contributed by atoms with van der Waals surface area (Å²) in [7, 11) is 1.71. The lowest BCUT2D eigenvalue weighted by atomic mass is 10.3. The second-order valence-corrected chi connectivity index (χ2v) is 4.24. The van der Waals surface area contributed by atoms with Crippen molar-refractivity contribution in [2.45, 2.75) is 13.8 Å². The number of methoxy groups -OCH3 is 1. The van der Waals surface area contributed by atoms with E-state index in [1.807, 2.05) is 13.1 Å². The average Bonchev–Trinajstić information content (AvgIpc) is 2.21. The molecule has 0 aromatic carbocycles. The van der Waals surface area contributed by atoms with Gasteiger partial charge in [-0.15, -0.1) is 0 Å². The molecular weight excluding hydrogens is 256 g/mol. The predicted octanol–water partition coefficient (Wildman–Crippen LogP) is 2.63. The molecule has 1 aromatic heterocycles. The lowest BCUT2D eigenvalue weighted by molar-refractivity contribution is 0.205. The third-order valence-electron chi connectivity index (χ3n) is 2.21. The molecule has 84 valence electrons. The highest BCUT2D eigenvalue weighted by Gasteiger charge is 2.09. The van der Waals surface area contributed by atoms with E-state index in [2.05, 4.69) is 38.8 Å². The van der Waals surface area contributed by atoms with Crippen LogP contribution in [-0.2, 0) is 4.74 Å². The smallest absolute Gasteiger partial charge is 0.142 e. The Morgan fingerprint density at radius 2 is 2.27 bits per heavy atom. The van der Waals surface area contributed by atoms with E-state index in [1.165, 1.54) is 0 Å². The highest BCUT2D eigenvalue weighted by atomic mass is 79.9. The van der Waals surface area contributed by atoms with Crippen molar-refractivity contribution in [3.05, 3.63) is 22.3 Å². The zero-order valence-electron chi connectivity index (χ0n) is 9.46. The van der Waals surface area contributed by atoms with Gasteiger partial charge in [-0.25, -0.2) is 4.98 Å². The van der Waals surface area contributed by atoms with Gasteiger partial charge in [0.1, 0.15) is 5.82 Å². The third-order valence-corrected chi connectivity index (χ3v) is 2.79. The van der Waals surface area contributed by atoms with Gasteiger partial charge in [-0.2, -0.15) is 0 Å². The molecule has 0 aliphatic heterocycles. The number of halogens is 1. The van der Waals surface area contributed by atoms with Gasteiger partial charge in [0.15, 0.2) is 0 Å². The number of hydrogen-bond acceptors (Lipinski definition) is 3. The molecule has 1 heterocycles. The minimum atomic E-state index is 0.718. The second kappa shape index (κ2) is 6.08. The molecule has 15 heavy (non-hydrogen) atoms. The summed E-state index contributed by atoms with van der Waals surface area (Å²) >= 11 is 3.54. The van der Waals surface area contributed by atoms with E-state index in [9.17, 15) is 0 Å². The zero-order valence-corrected chi connectivity index (χ0v) is 11.0. The summed E-state index contributed by atoms with van der Waals surface area (Å²) in [5.41, 5.74) is 1.16. The molecule has 0 fully saturated rings. The summed E-state index contributed by atoms with van der Waals surface area (Å²) in [5.74, 6) is 0.986. The summed E-state index contributed by atoms with van der Waals surface area (Å²) in [5, 5.41) is 0. The fourth-order valence-electron chi connectivity index (χ4n) is 1.37. The minimum Gasteiger partial charge on any atom is -0.383 e. The number of anilines is 1. The summed E-state index contributed by atoms with van der Waals surface area (Å²) in [4.78, 5) is 6.61. The summed E-state index contributed by atoms with van der Waals surface area (Å²) in [6.45, 7) is 6.66. The molecular formula is C11H17BrN2O. The molecule has 0 amide bonds. The fourth-order valence-corrected chi connectivity index (χ4v) is 2.09. The van der Waals surface area contributed by atoms with Crippen molar-refractivity contribution in [1.82, 2.24) is 4.98 Å². The van der Waals surface area contributed by atoms with Gasteiger partial charge < -0.3 is 9.64 Å². The Balaban J connectivity index is 2.81. The number of hydrogen-bond donors (Lipinski definition) is 0. The van der Waals surface area contributed by atoms with Crippen molar-refractivity contribution in [2.75, 3.05) is 31.7 Å². The fraction of sp³-hybridized carbons (Fsp3) is 0.545. The van der Waals surface area contributed by atoms with E-state index in [4.69, 9.17) is 4.74 Å². The molecule has 0 saturated heterocycles. The Morgan fingerprint density at radius 1 is 1.53 bits per heavy atom. The van der Waals surface area contributed by atoms with Gasteiger partial charge in [0.2, 0.25) is 0 Å². The molecule has 0 unspecified atom stereocenters. The maximum atomic E-state index is 5.07. The SMILES string of the molecule is CCN(CCOC)c1ncc(C)cc1Br. The van der Waals surface area contributed by atoms with Crippen LogP contribution in [0.25, 0.3) is 0 Å². The quantitative estimate of drug-likeness (QED) is 0.824. The van der Waals surface area contributed by atoms with Gasteiger partial charge in [-0.05, 0) is 41.4 Å². The highest BCUT2D eigenvalue weighted by molar-refractivity contribution is 9.10. The van der Waals surface area contributed by atoms with Gasteiger partial charge in [0, 0.05) is 26.4 Å². The maximum absolute atomic E-state index is 5.07. The first-order valence-electron chi connectivity index (χ1n) is 5.05. The second-order valence-electron chi connectivity index (χ2n) is 3.39. The van der Waals surface area contributed by atoms with E-state index in [-0.39, 0.29) is 0 Å². The molecule has 0 N–H and O–H groups in total. The Morgan fingerprint density at radius 3 is 2.80 bits per heavy atom. The van der Waals surface area contributed by atoms with E-state index in [0.29, 0.717) is 0 Å². The number of aromatic nitrogens is 1. The van der Waals surface area contributed by atoms with Gasteiger partial charge in [-0.1, -0.05) is 0 Å². The van der Waals surface area contributed by atoms with Crippen molar-refractivity contribution in [1.29, 1.82) is 0 Å². The lowest BCUT2D eigenvalue weighted by Crippen LogP contribution is -2.28. The first-order chi connectivity index (χ1) is 7.19. The lowest BCUT2D eigenvalue weighted by Gasteiger charge is -2.22. The zero-order chi connectivity index (χ0) is 11.3. The summed E-state index contributed by atoms with van der Waals surface area (Å²) in [6.07, 6.45) is 1.88. The van der Waals surface area contributed by atoms with Crippen LogP contribution in [0.5, 0.6) is 0 Å². The van der Waals surface area contributed by atoms with Crippen molar-refractivity contribution in [3.8, 4) is 0 Å². The van der Waals surface area contributed by atoms with E-state index >= 15 is 0 Å². The molecule has 0 radical (unpaired) electrons. The van der Waals surface area contributed by atoms with Crippen LogP contribution in [0.4, 0.5) is 5.82 Å². The topological polar surface area (TPSA) is 25.4 Å². The van der Waals surface area contributed by atoms with Crippen LogP contribution in [0.3, 0.4) is 0 Å².